The first-order valence-corrected chi connectivity index (χ1v) is 11.6. The van der Waals surface area contributed by atoms with Gasteiger partial charge in [-0.15, -0.1) is 0 Å². The number of aromatic nitrogens is 2. The van der Waals surface area contributed by atoms with Gasteiger partial charge in [-0.1, -0.05) is 63.5 Å². The highest BCUT2D eigenvalue weighted by Gasteiger charge is 2.05. The second-order valence-corrected chi connectivity index (χ2v) is 7.68. The van der Waals surface area contributed by atoms with E-state index >= 15 is 0 Å². The van der Waals surface area contributed by atoms with Crippen LogP contribution in [0.4, 0.5) is 0 Å². The number of hydrogen-bond acceptors (Lipinski definition) is 5. The highest BCUT2D eigenvalue weighted by Crippen LogP contribution is 2.18. The van der Waals surface area contributed by atoms with E-state index in [0.29, 0.717) is 11.6 Å². The molecule has 2 rings (SSSR count). The number of nitrogens with zero attached hydrogens (tertiary/aromatic N) is 2. The molecule has 0 aliphatic heterocycles. The molecule has 0 aliphatic rings. The number of esters is 1. The molecule has 5 heteroatoms. The van der Waals surface area contributed by atoms with Gasteiger partial charge in [-0.3, -0.25) is 0 Å². The highest BCUT2D eigenvalue weighted by molar-refractivity contribution is 5.83. The van der Waals surface area contributed by atoms with Gasteiger partial charge in [-0.2, -0.15) is 0 Å². The molecule has 0 radical (unpaired) electrons. The Morgan fingerprint density at radius 2 is 1.68 bits per heavy atom. The maximum Gasteiger partial charge on any atom is 0.335 e. The third-order valence-corrected chi connectivity index (χ3v) is 4.89. The van der Waals surface area contributed by atoms with Gasteiger partial charge in [-0.05, 0) is 44.1 Å². The summed E-state index contributed by atoms with van der Waals surface area (Å²) in [6, 6.07) is 8.34. The molecule has 0 saturated heterocycles. The Labute approximate surface area is 186 Å². The van der Waals surface area contributed by atoms with E-state index in [4.69, 9.17) is 9.47 Å². The molecule has 0 saturated carbocycles. The minimum absolute atomic E-state index is 0.353. The molecule has 0 fully saturated rings. The van der Waals surface area contributed by atoms with Gasteiger partial charge in [-0.25, -0.2) is 14.8 Å². The Morgan fingerprint density at radius 3 is 2.39 bits per heavy atom. The molecular weight excluding hydrogens is 388 g/mol. The van der Waals surface area contributed by atoms with E-state index in [1.165, 1.54) is 37.3 Å². The lowest BCUT2D eigenvalue weighted by atomic mass is 10.0. The largest absolute Gasteiger partial charge is 0.420 e. The molecule has 1 aromatic carbocycles. The molecule has 0 atom stereocenters. The number of hydrogen-bond donors (Lipinski definition) is 0. The molecule has 31 heavy (non-hydrogen) atoms. The quantitative estimate of drug-likeness (QED) is 0.190. The molecule has 1 aromatic heterocycles. The minimum atomic E-state index is -0.394. The summed E-state index contributed by atoms with van der Waals surface area (Å²) in [5.74, 6) is 0.579. The zero-order valence-corrected chi connectivity index (χ0v) is 19.0. The van der Waals surface area contributed by atoms with Crippen LogP contribution in [0.2, 0.25) is 0 Å². The fourth-order valence-corrected chi connectivity index (χ4v) is 3.14. The molecule has 0 amide bonds. The average Bonchev–Trinajstić information content (AvgIpc) is 2.79. The predicted octanol–water partition coefficient (Wildman–Crippen LogP) is 6.32. The normalized spacial score (nSPS) is 11.2. The number of ether oxygens (including phenoxy) is 2. The van der Waals surface area contributed by atoms with E-state index in [1.807, 2.05) is 18.2 Å². The zero-order chi connectivity index (χ0) is 22.2. The lowest BCUT2D eigenvalue weighted by molar-refractivity contribution is -0.129. The lowest BCUT2D eigenvalue weighted by Crippen LogP contribution is -2.04. The standard InChI is InChI=1S/C26H36N2O3/c1-3-5-6-7-10-13-25(29)31-24-20-27-26(28-21-24)23-16-14-22(15-17-23)12-9-8-11-19-30-18-4-2/h10,13-17,20-21H,3-9,11-12,18-19H2,1-2H3. The summed E-state index contributed by atoms with van der Waals surface area (Å²) >= 11 is 0. The number of allylic oxidation sites excluding steroid dienone is 1. The van der Waals surface area contributed by atoms with Crippen LogP contribution in [0.25, 0.3) is 11.4 Å². The molecule has 168 valence electrons. The third-order valence-electron chi connectivity index (χ3n) is 4.89. The van der Waals surface area contributed by atoms with E-state index in [2.05, 4.69) is 35.9 Å². The van der Waals surface area contributed by atoms with Gasteiger partial charge in [0.05, 0.1) is 12.4 Å². The summed E-state index contributed by atoms with van der Waals surface area (Å²) in [7, 11) is 0. The first kappa shape index (κ1) is 24.7. The Balaban J connectivity index is 1.75. The maximum atomic E-state index is 11.8. The Bertz CT molecular complexity index is 770. The Hall–Kier alpha value is -2.53. The number of rotatable bonds is 15. The maximum absolute atomic E-state index is 11.8. The van der Waals surface area contributed by atoms with Crippen LogP contribution in [0.3, 0.4) is 0 Å². The number of benzene rings is 1. The minimum Gasteiger partial charge on any atom is -0.420 e. The van der Waals surface area contributed by atoms with Crippen molar-refractivity contribution >= 4 is 5.97 Å². The summed E-state index contributed by atoms with van der Waals surface area (Å²) in [6.07, 6.45) is 16.3. The molecular formula is C26H36N2O3. The smallest absolute Gasteiger partial charge is 0.335 e. The van der Waals surface area contributed by atoms with E-state index in [0.717, 1.165) is 50.9 Å². The van der Waals surface area contributed by atoms with Crippen LogP contribution in [-0.4, -0.2) is 29.2 Å². The molecule has 2 aromatic rings. The second kappa shape index (κ2) is 15.3. The summed E-state index contributed by atoms with van der Waals surface area (Å²) in [5, 5.41) is 0. The van der Waals surface area contributed by atoms with Gasteiger partial charge in [0.2, 0.25) is 0 Å². The van der Waals surface area contributed by atoms with Gasteiger partial charge < -0.3 is 9.47 Å². The number of unbranched alkanes of at least 4 members (excludes halogenated alkanes) is 5. The van der Waals surface area contributed by atoms with Gasteiger partial charge in [0.25, 0.3) is 0 Å². The van der Waals surface area contributed by atoms with Crippen LogP contribution in [0, 0.1) is 0 Å². The van der Waals surface area contributed by atoms with Crippen molar-refractivity contribution < 1.29 is 14.3 Å². The Morgan fingerprint density at radius 1 is 0.903 bits per heavy atom. The molecule has 5 nitrogen and oxygen atoms in total. The predicted molar refractivity (Wildman–Crippen MR) is 125 cm³/mol. The van der Waals surface area contributed by atoms with E-state index in [1.54, 1.807) is 12.4 Å². The summed E-state index contributed by atoms with van der Waals surface area (Å²) in [4.78, 5) is 20.5. The molecule has 1 heterocycles. The van der Waals surface area contributed by atoms with E-state index < -0.39 is 5.97 Å². The van der Waals surface area contributed by atoms with E-state index in [9.17, 15) is 4.79 Å². The second-order valence-electron chi connectivity index (χ2n) is 7.68. The van der Waals surface area contributed by atoms with E-state index in [-0.39, 0.29) is 0 Å². The van der Waals surface area contributed by atoms with Crippen molar-refractivity contribution in [3.63, 3.8) is 0 Å². The fraction of sp³-hybridized carbons (Fsp3) is 0.500. The summed E-state index contributed by atoms with van der Waals surface area (Å²) in [6.45, 7) is 6.02. The molecule has 0 N–H and O–H groups in total. The fourth-order valence-electron chi connectivity index (χ4n) is 3.14. The lowest BCUT2D eigenvalue weighted by Gasteiger charge is -2.05. The summed E-state index contributed by atoms with van der Waals surface area (Å²) < 4.78 is 10.8. The summed E-state index contributed by atoms with van der Waals surface area (Å²) in [5.41, 5.74) is 2.26. The van der Waals surface area contributed by atoms with Crippen molar-refractivity contribution in [1.29, 1.82) is 0 Å². The zero-order valence-electron chi connectivity index (χ0n) is 19.0. The van der Waals surface area contributed by atoms with Crippen LogP contribution in [0.15, 0.2) is 48.8 Å². The average molecular weight is 425 g/mol. The van der Waals surface area contributed by atoms with Crippen LogP contribution < -0.4 is 4.74 Å². The van der Waals surface area contributed by atoms with Crippen molar-refractivity contribution in [3.05, 3.63) is 54.4 Å². The van der Waals surface area contributed by atoms with Gasteiger partial charge in [0.1, 0.15) is 0 Å². The van der Waals surface area contributed by atoms with Crippen LogP contribution >= 0.6 is 0 Å². The number of aryl methyl sites for hydroxylation is 1. The van der Waals surface area contributed by atoms with Crippen molar-refractivity contribution in [2.45, 2.75) is 71.6 Å². The van der Waals surface area contributed by atoms with Crippen LogP contribution in [0.5, 0.6) is 5.75 Å². The van der Waals surface area contributed by atoms with Crippen molar-refractivity contribution in [2.75, 3.05) is 13.2 Å². The molecule has 0 bridgehead atoms. The number of carbonyl (C=O) groups is 1. The van der Waals surface area contributed by atoms with Crippen molar-refractivity contribution in [1.82, 2.24) is 9.97 Å². The third kappa shape index (κ3) is 10.4. The van der Waals surface area contributed by atoms with Crippen molar-refractivity contribution in [2.24, 2.45) is 0 Å². The van der Waals surface area contributed by atoms with Gasteiger partial charge in [0, 0.05) is 24.9 Å². The Kier molecular flexibility index (Phi) is 12.2. The van der Waals surface area contributed by atoms with Crippen LogP contribution in [0.1, 0.15) is 70.8 Å². The van der Waals surface area contributed by atoms with Gasteiger partial charge >= 0.3 is 5.97 Å². The molecule has 0 spiro atoms. The number of carbonyl (C=O) groups excluding carboxylic acids is 1. The molecule has 0 aliphatic carbocycles. The SMILES string of the molecule is CCCCCC=CC(=O)Oc1cnc(-c2ccc(CCCCCOCCC)cc2)nc1. The van der Waals surface area contributed by atoms with Crippen molar-refractivity contribution in [3.8, 4) is 17.1 Å². The first-order valence-electron chi connectivity index (χ1n) is 11.6. The monoisotopic (exact) mass is 424 g/mol. The topological polar surface area (TPSA) is 61.3 Å². The van der Waals surface area contributed by atoms with Crippen LogP contribution in [-0.2, 0) is 16.0 Å². The highest BCUT2D eigenvalue weighted by atomic mass is 16.5. The van der Waals surface area contributed by atoms with Gasteiger partial charge in [0.15, 0.2) is 11.6 Å². The first-order chi connectivity index (χ1) is 15.2. The molecule has 0 unspecified atom stereocenters.